The molecule has 1 atom stereocenters. The molecule has 0 aromatic rings. The van der Waals surface area contributed by atoms with Crippen LogP contribution in [0.5, 0.6) is 0 Å². The highest BCUT2D eigenvalue weighted by atomic mass is 16.4. The Labute approximate surface area is 105 Å². The van der Waals surface area contributed by atoms with Crippen molar-refractivity contribution in [1.82, 2.24) is 10.2 Å². The lowest BCUT2D eigenvalue weighted by Gasteiger charge is -2.22. The van der Waals surface area contributed by atoms with Crippen LogP contribution in [0.3, 0.4) is 0 Å². The summed E-state index contributed by atoms with van der Waals surface area (Å²) in [6.45, 7) is 2.25. The number of amides is 2. The number of nitrogens with one attached hydrogen (secondary N) is 1. The second-order valence-corrected chi connectivity index (χ2v) is 3.56. The minimum atomic E-state index is -1.47. The SMILES string of the molecule is C#CCN(CCC)C(=O)N[C@H](CC(=O)O)C(=O)O. The van der Waals surface area contributed by atoms with E-state index >= 15 is 0 Å². The zero-order valence-corrected chi connectivity index (χ0v) is 10.0. The van der Waals surface area contributed by atoms with E-state index in [1.807, 2.05) is 6.92 Å². The van der Waals surface area contributed by atoms with Crippen LogP contribution in [0.15, 0.2) is 0 Å². The van der Waals surface area contributed by atoms with Crippen LogP contribution in [0.4, 0.5) is 4.79 Å². The molecule has 0 aromatic carbocycles. The minimum absolute atomic E-state index is 0.0408. The number of urea groups is 1. The monoisotopic (exact) mass is 256 g/mol. The summed E-state index contributed by atoms with van der Waals surface area (Å²) in [5.41, 5.74) is 0. The van der Waals surface area contributed by atoms with Crippen molar-refractivity contribution in [2.45, 2.75) is 25.8 Å². The van der Waals surface area contributed by atoms with Gasteiger partial charge < -0.3 is 20.4 Å². The topological polar surface area (TPSA) is 107 Å². The van der Waals surface area contributed by atoms with Gasteiger partial charge in [0.2, 0.25) is 0 Å². The Balaban J connectivity index is 4.60. The summed E-state index contributed by atoms with van der Waals surface area (Å²) >= 11 is 0. The third-order valence-electron chi connectivity index (χ3n) is 2.04. The van der Waals surface area contributed by atoms with Gasteiger partial charge in [0.1, 0.15) is 6.04 Å². The lowest BCUT2D eigenvalue weighted by molar-refractivity contribution is -0.145. The molecule has 0 saturated heterocycles. The van der Waals surface area contributed by atoms with Gasteiger partial charge in [-0.3, -0.25) is 4.79 Å². The van der Waals surface area contributed by atoms with Crippen LogP contribution < -0.4 is 5.32 Å². The summed E-state index contributed by atoms with van der Waals surface area (Å²) in [5, 5.41) is 19.4. The van der Waals surface area contributed by atoms with Gasteiger partial charge in [-0.25, -0.2) is 9.59 Å². The summed E-state index contributed by atoms with van der Waals surface area (Å²) < 4.78 is 0. The fraction of sp³-hybridized carbons (Fsp3) is 0.545. The summed E-state index contributed by atoms with van der Waals surface area (Å²) in [6, 6.07) is -2.14. The third-order valence-corrected chi connectivity index (χ3v) is 2.04. The van der Waals surface area contributed by atoms with Crippen molar-refractivity contribution in [2.75, 3.05) is 13.1 Å². The zero-order chi connectivity index (χ0) is 14.1. The average molecular weight is 256 g/mol. The molecule has 0 heterocycles. The number of carboxylic acid groups (broad SMARTS) is 2. The van der Waals surface area contributed by atoms with Gasteiger partial charge in [-0.15, -0.1) is 6.42 Å². The van der Waals surface area contributed by atoms with Crippen molar-refractivity contribution in [2.24, 2.45) is 0 Å². The van der Waals surface area contributed by atoms with Crippen molar-refractivity contribution in [1.29, 1.82) is 0 Å². The summed E-state index contributed by atoms with van der Waals surface area (Å²) in [5.74, 6) is -0.426. The molecule has 100 valence electrons. The molecule has 0 spiro atoms. The van der Waals surface area contributed by atoms with Crippen LogP contribution in [0.1, 0.15) is 19.8 Å². The van der Waals surface area contributed by atoms with E-state index in [9.17, 15) is 14.4 Å². The molecular formula is C11H16N2O5. The Morgan fingerprint density at radius 2 is 2.00 bits per heavy atom. The van der Waals surface area contributed by atoms with Crippen molar-refractivity contribution in [3.05, 3.63) is 0 Å². The molecule has 0 rings (SSSR count). The van der Waals surface area contributed by atoms with Gasteiger partial charge in [0, 0.05) is 6.54 Å². The Bertz CT molecular complexity index is 361. The Hall–Kier alpha value is -2.23. The number of terminal acetylenes is 1. The minimum Gasteiger partial charge on any atom is -0.481 e. The maximum Gasteiger partial charge on any atom is 0.326 e. The number of carbonyl (C=O) groups is 3. The first-order valence-corrected chi connectivity index (χ1v) is 5.35. The van der Waals surface area contributed by atoms with Gasteiger partial charge in [-0.1, -0.05) is 12.8 Å². The average Bonchev–Trinajstić information content (AvgIpc) is 2.27. The standard InChI is InChI=1S/C11H16N2O5/c1-3-5-13(6-4-2)11(18)12-8(10(16)17)7-9(14)15/h1,8H,4-7H2,2H3,(H,12,18)(H,14,15)(H,16,17)/t8-/m1/s1. The molecule has 0 radical (unpaired) electrons. The number of carbonyl (C=O) groups excluding carboxylic acids is 1. The van der Waals surface area contributed by atoms with E-state index in [1.54, 1.807) is 0 Å². The van der Waals surface area contributed by atoms with Gasteiger partial charge in [0.05, 0.1) is 13.0 Å². The van der Waals surface area contributed by atoms with Crippen molar-refractivity contribution in [3.63, 3.8) is 0 Å². The first kappa shape index (κ1) is 15.8. The molecule has 0 saturated carbocycles. The second kappa shape index (κ2) is 7.95. The largest absolute Gasteiger partial charge is 0.481 e. The smallest absolute Gasteiger partial charge is 0.326 e. The number of aliphatic carboxylic acids is 2. The molecule has 7 nitrogen and oxygen atoms in total. The molecule has 7 heteroatoms. The third kappa shape index (κ3) is 5.75. The normalized spacial score (nSPS) is 11.1. The highest BCUT2D eigenvalue weighted by Gasteiger charge is 2.24. The summed E-state index contributed by atoms with van der Waals surface area (Å²) in [7, 11) is 0. The first-order valence-electron chi connectivity index (χ1n) is 5.35. The lowest BCUT2D eigenvalue weighted by Crippen LogP contribution is -2.49. The molecule has 0 bridgehead atoms. The zero-order valence-electron chi connectivity index (χ0n) is 10.0. The fourth-order valence-electron chi connectivity index (χ4n) is 1.25. The van der Waals surface area contributed by atoms with E-state index in [1.165, 1.54) is 4.90 Å². The van der Waals surface area contributed by atoms with Gasteiger partial charge >= 0.3 is 18.0 Å². The van der Waals surface area contributed by atoms with Crippen LogP contribution in [-0.2, 0) is 9.59 Å². The Kier molecular flexibility index (Phi) is 6.96. The molecule has 3 N–H and O–H groups in total. The van der Waals surface area contributed by atoms with Gasteiger partial charge in [-0.05, 0) is 6.42 Å². The van der Waals surface area contributed by atoms with E-state index in [2.05, 4.69) is 11.2 Å². The number of hydrogen-bond donors (Lipinski definition) is 3. The van der Waals surface area contributed by atoms with E-state index in [0.717, 1.165) is 0 Å². The van der Waals surface area contributed by atoms with Crippen LogP contribution in [0.25, 0.3) is 0 Å². The number of rotatable bonds is 7. The summed E-state index contributed by atoms with van der Waals surface area (Å²) in [6.07, 6.45) is 5.06. The quantitative estimate of drug-likeness (QED) is 0.554. The highest BCUT2D eigenvalue weighted by Crippen LogP contribution is 1.97. The molecule has 0 aliphatic heterocycles. The summed E-state index contributed by atoms with van der Waals surface area (Å²) in [4.78, 5) is 34.2. The molecule has 2 amide bonds. The number of carboxylic acids is 2. The molecule has 0 aliphatic rings. The van der Waals surface area contributed by atoms with E-state index in [0.29, 0.717) is 13.0 Å². The Morgan fingerprint density at radius 3 is 2.39 bits per heavy atom. The first-order chi connectivity index (χ1) is 8.42. The van der Waals surface area contributed by atoms with Crippen molar-refractivity contribution < 1.29 is 24.6 Å². The molecule has 0 fully saturated rings. The highest BCUT2D eigenvalue weighted by molar-refractivity contribution is 5.86. The van der Waals surface area contributed by atoms with E-state index < -0.39 is 30.4 Å². The predicted octanol–water partition coefficient (Wildman–Crippen LogP) is -0.0309. The second-order valence-electron chi connectivity index (χ2n) is 3.56. The van der Waals surface area contributed by atoms with Crippen LogP contribution in [0.2, 0.25) is 0 Å². The van der Waals surface area contributed by atoms with Crippen molar-refractivity contribution in [3.8, 4) is 12.3 Å². The molecule has 0 aromatic heterocycles. The van der Waals surface area contributed by atoms with Crippen molar-refractivity contribution >= 4 is 18.0 Å². The number of hydrogen-bond acceptors (Lipinski definition) is 3. The van der Waals surface area contributed by atoms with Gasteiger partial charge in [0.15, 0.2) is 0 Å². The molecular weight excluding hydrogens is 240 g/mol. The molecule has 18 heavy (non-hydrogen) atoms. The van der Waals surface area contributed by atoms with E-state index in [-0.39, 0.29) is 6.54 Å². The van der Waals surface area contributed by atoms with Gasteiger partial charge in [-0.2, -0.15) is 0 Å². The predicted molar refractivity (Wildman–Crippen MR) is 62.9 cm³/mol. The Morgan fingerprint density at radius 1 is 1.39 bits per heavy atom. The van der Waals surface area contributed by atoms with Crippen LogP contribution in [0, 0.1) is 12.3 Å². The fourth-order valence-corrected chi connectivity index (χ4v) is 1.25. The maximum atomic E-state index is 11.7. The van der Waals surface area contributed by atoms with Gasteiger partial charge in [0.25, 0.3) is 0 Å². The number of nitrogens with zero attached hydrogens (tertiary/aromatic N) is 1. The molecule has 0 aliphatic carbocycles. The lowest BCUT2D eigenvalue weighted by atomic mass is 10.2. The maximum absolute atomic E-state index is 11.7. The molecule has 0 unspecified atom stereocenters. The van der Waals surface area contributed by atoms with Crippen LogP contribution >= 0.6 is 0 Å². The van der Waals surface area contributed by atoms with Crippen LogP contribution in [-0.4, -0.2) is 52.2 Å². The van der Waals surface area contributed by atoms with E-state index in [4.69, 9.17) is 16.6 Å².